The molecule has 0 saturated heterocycles. The molecule has 0 saturated carbocycles. The molecule has 0 radical (unpaired) electrons. The summed E-state index contributed by atoms with van der Waals surface area (Å²) in [6.07, 6.45) is 0.410. The highest BCUT2D eigenvalue weighted by atomic mass is 79.9. The van der Waals surface area contributed by atoms with Gasteiger partial charge in [0.25, 0.3) is 0 Å². The first-order valence-electron chi connectivity index (χ1n) is 4.12. The van der Waals surface area contributed by atoms with Crippen LogP contribution in [0.3, 0.4) is 0 Å². The highest BCUT2D eigenvalue weighted by molar-refractivity contribution is 9.09. The lowest BCUT2D eigenvalue weighted by molar-refractivity contribution is 0.0990. The van der Waals surface area contributed by atoms with Gasteiger partial charge in [0, 0.05) is 27.9 Å². The number of hydrogen-bond acceptors (Lipinski definition) is 1. The van der Waals surface area contributed by atoms with Crippen molar-refractivity contribution in [2.75, 3.05) is 5.33 Å². The van der Waals surface area contributed by atoms with Crippen LogP contribution in [0.15, 0.2) is 18.2 Å². The molecular formula is C10H9BrClFO. The molecule has 0 unspecified atom stereocenters. The quantitative estimate of drug-likeness (QED) is 0.605. The number of carbonyl (C=O) groups is 1. The predicted octanol–water partition coefficient (Wildman–Crippen LogP) is 3.78. The first kappa shape index (κ1) is 11.7. The molecule has 0 aromatic heterocycles. The molecule has 1 rings (SSSR count). The highest BCUT2D eigenvalue weighted by Crippen LogP contribution is 2.19. The molecule has 0 aliphatic rings. The molecule has 0 aliphatic carbocycles. The topological polar surface area (TPSA) is 17.1 Å². The summed E-state index contributed by atoms with van der Waals surface area (Å²) >= 11 is 8.89. The second-order valence-electron chi connectivity index (χ2n) is 2.80. The van der Waals surface area contributed by atoms with Crippen LogP contribution in [0.25, 0.3) is 0 Å². The number of hydrogen-bond donors (Lipinski definition) is 0. The Kier molecular flexibility index (Phi) is 4.55. The van der Waals surface area contributed by atoms with Gasteiger partial charge in [0.05, 0.1) is 0 Å². The van der Waals surface area contributed by atoms with Crippen molar-refractivity contribution in [3.05, 3.63) is 34.3 Å². The number of alkyl halides is 2. The van der Waals surface area contributed by atoms with Crippen molar-refractivity contribution >= 4 is 33.3 Å². The van der Waals surface area contributed by atoms with Gasteiger partial charge in [0.2, 0.25) is 0 Å². The van der Waals surface area contributed by atoms with Crippen LogP contribution in [0.1, 0.15) is 22.3 Å². The fraction of sp³-hybridized carbons (Fsp3) is 0.300. The molecule has 0 fully saturated rings. The molecule has 76 valence electrons. The first-order valence-corrected chi connectivity index (χ1v) is 5.62. The summed E-state index contributed by atoms with van der Waals surface area (Å²) < 4.78 is 12.4. The molecule has 1 aromatic rings. The Labute approximate surface area is 95.4 Å². The molecule has 0 heterocycles. The summed E-state index contributed by atoms with van der Waals surface area (Å²) in [6, 6.07) is 4.68. The van der Waals surface area contributed by atoms with Gasteiger partial charge in [-0.25, -0.2) is 4.39 Å². The summed E-state index contributed by atoms with van der Waals surface area (Å²) in [5, 5.41) is 0.974. The third-order valence-corrected chi connectivity index (χ3v) is 2.60. The summed E-state index contributed by atoms with van der Waals surface area (Å²) in [6.45, 7) is -0.645. The van der Waals surface area contributed by atoms with E-state index in [1.165, 1.54) is 6.07 Å². The molecule has 0 aliphatic heterocycles. The minimum Gasteiger partial charge on any atom is -0.294 e. The normalized spacial score (nSPS) is 10.2. The van der Waals surface area contributed by atoms with Gasteiger partial charge < -0.3 is 0 Å². The van der Waals surface area contributed by atoms with Gasteiger partial charge in [-0.3, -0.25) is 4.79 Å². The molecule has 1 nitrogen and oxygen atoms in total. The van der Waals surface area contributed by atoms with E-state index in [0.717, 1.165) is 0 Å². The van der Waals surface area contributed by atoms with Crippen molar-refractivity contribution < 1.29 is 9.18 Å². The summed E-state index contributed by atoms with van der Waals surface area (Å²) in [7, 11) is 0. The van der Waals surface area contributed by atoms with Gasteiger partial charge in [0.1, 0.15) is 6.67 Å². The average Bonchev–Trinajstić information content (AvgIpc) is 2.19. The maximum Gasteiger partial charge on any atom is 0.163 e. The fourth-order valence-electron chi connectivity index (χ4n) is 1.08. The Morgan fingerprint density at radius 3 is 2.79 bits per heavy atom. The van der Waals surface area contributed by atoms with E-state index in [2.05, 4.69) is 15.9 Å². The van der Waals surface area contributed by atoms with Crippen LogP contribution in [0.5, 0.6) is 0 Å². The Balaban J connectivity index is 2.94. The van der Waals surface area contributed by atoms with E-state index in [1.807, 2.05) is 0 Å². The van der Waals surface area contributed by atoms with Crippen molar-refractivity contribution in [1.82, 2.24) is 0 Å². The third-order valence-electron chi connectivity index (χ3n) is 1.83. The molecule has 4 heteroatoms. The predicted molar refractivity (Wildman–Crippen MR) is 59.0 cm³/mol. The minimum atomic E-state index is -0.645. The highest BCUT2D eigenvalue weighted by Gasteiger charge is 2.07. The van der Waals surface area contributed by atoms with E-state index in [-0.39, 0.29) is 5.78 Å². The van der Waals surface area contributed by atoms with Crippen LogP contribution in [0, 0.1) is 0 Å². The summed E-state index contributed by atoms with van der Waals surface area (Å²) in [4.78, 5) is 11.4. The van der Waals surface area contributed by atoms with Gasteiger partial charge in [-0.1, -0.05) is 27.5 Å². The van der Waals surface area contributed by atoms with Crippen LogP contribution in [0.4, 0.5) is 4.39 Å². The van der Waals surface area contributed by atoms with E-state index in [4.69, 9.17) is 11.6 Å². The molecule has 14 heavy (non-hydrogen) atoms. The lowest BCUT2D eigenvalue weighted by Crippen LogP contribution is -2.00. The number of benzene rings is 1. The zero-order chi connectivity index (χ0) is 10.6. The van der Waals surface area contributed by atoms with Gasteiger partial charge in [-0.15, -0.1) is 0 Å². The Morgan fingerprint density at radius 2 is 2.21 bits per heavy atom. The Hall–Kier alpha value is -0.410. The number of carbonyl (C=O) groups excluding carboxylic acids is 1. The molecule has 0 spiro atoms. The second kappa shape index (κ2) is 5.47. The lowest BCUT2D eigenvalue weighted by Gasteiger charge is -2.02. The van der Waals surface area contributed by atoms with Gasteiger partial charge in [0.15, 0.2) is 5.78 Å². The number of halogens is 3. The largest absolute Gasteiger partial charge is 0.294 e. The van der Waals surface area contributed by atoms with Crippen molar-refractivity contribution in [1.29, 1.82) is 0 Å². The maximum absolute atomic E-state index is 12.4. The van der Waals surface area contributed by atoms with Crippen molar-refractivity contribution in [2.45, 2.75) is 13.1 Å². The van der Waals surface area contributed by atoms with E-state index in [1.54, 1.807) is 12.1 Å². The Morgan fingerprint density at radius 1 is 1.50 bits per heavy atom. The minimum absolute atomic E-state index is 0.00626. The lowest BCUT2D eigenvalue weighted by atomic mass is 10.1. The summed E-state index contributed by atoms with van der Waals surface area (Å²) in [5.41, 5.74) is 0.883. The average molecular weight is 280 g/mol. The first-order chi connectivity index (χ1) is 6.69. The van der Waals surface area contributed by atoms with Crippen LogP contribution in [0.2, 0.25) is 5.02 Å². The van der Waals surface area contributed by atoms with Gasteiger partial charge >= 0.3 is 0 Å². The SMILES string of the molecule is O=C(CCBr)c1ccc(Cl)c(CF)c1. The molecule has 1 aromatic carbocycles. The Bertz CT molecular complexity index is 341. The number of ketones is 1. The molecule has 0 N–H and O–H groups in total. The van der Waals surface area contributed by atoms with Crippen LogP contribution in [-0.2, 0) is 6.67 Å². The van der Waals surface area contributed by atoms with E-state index < -0.39 is 6.67 Å². The zero-order valence-electron chi connectivity index (χ0n) is 7.40. The molecule has 0 bridgehead atoms. The third kappa shape index (κ3) is 2.79. The second-order valence-corrected chi connectivity index (χ2v) is 4.00. The van der Waals surface area contributed by atoms with Crippen molar-refractivity contribution in [3.8, 4) is 0 Å². The molecule has 0 amide bonds. The van der Waals surface area contributed by atoms with E-state index >= 15 is 0 Å². The monoisotopic (exact) mass is 278 g/mol. The molecular weight excluding hydrogens is 270 g/mol. The van der Waals surface area contributed by atoms with E-state index in [0.29, 0.717) is 27.9 Å². The smallest absolute Gasteiger partial charge is 0.163 e. The molecule has 0 atom stereocenters. The van der Waals surface area contributed by atoms with Crippen LogP contribution >= 0.6 is 27.5 Å². The zero-order valence-corrected chi connectivity index (χ0v) is 9.74. The standard InChI is InChI=1S/C10H9BrClFO/c11-4-3-10(14)7-1-2-9(12)8(5-7)6-13/h1-2,5H,3-4,6H2. The van der Waals surface area contributed by atoms with Gasteiger partial charge in [-0.05, 0) is 18.2 Å². The van der Waals surface area contributed by atoms with Crippen molar-refractivity contribution in [3.63, 3.8) is 0 Å². The van der Waals surface area contributed by atoms with Crippen LogP contribution < -0.4 is 0 Å². The van der Waals surface area contributed by atoms with Crippen LogP contribution in [-0.4, -0.2) is 11.1 Å². The summed E-state index contributed by atoms with van der Waals surface area (Å²) in [5.74, 6) is -0.00626. The fourth-order valence-corrected chi connectivity index (χ4v) is 1.61. The number of Topliss-reactive ketones (excluding diaryl/α,β-unsaturated/α-hetero) is 1. The van der Waals surface area contributed by atoms with Gasteiger partial charge in [-0.2, -0.15) is 0 Å². The number of rotatable bonds is 4. The maximum atomic E-state index is 12.4. The van der Waals surface area contributed by atoms with Crippen molar-refractivity contribution in [2.24, 2.45) is 0 Å². The van der Waals surface area contributed by atoms with E-state index in [9.17, 15) is 9.18 Å².